The van der Waals surface area contributed by atoms with Gasteiger partial charge in [0.1, 0.15) is 0 Å². The van der Waals surface area contributed by atoms with Crippen molar-refractivity contribution in [1.29, 1.82) is 0 Å². The van der Waals surface area contributed by atoms with Crippen molar-refractivity contribution in [2.75, 3.05) is 11.1 Å². The normalized spacial score (nSPS) is 12.7. The first-order valence-electron chi connectivity index (χ1n) is 7.74. The lowest BCUT2D eigenvalue weighted by atomic mass is 10.2. The first-order chi connectivity index (χ1) is 11.9. The molecule has 1 aromatic carbocycles. The summed E-state index contributed by atoms with van der Waals surface area (Å²) in [6, 6.07) is 4.25. The van der Waals surface area contributed by atoms with Crippen molar-refractivity contribution in [3.63, 3.8) is 0 Å². The third kappa shape index (κ3) is 3.87. The third-order valence-corrected chi connectivity index (χ3v) is 4.83. The summed E-state index contributed by atoms with van der Waals surface area (Å²) in [5, 5.41) is 13.9. The second kappa shape index (κ2) is 7.06. The molecule has 0 saturated carbocycles. The number of thioether (sulfide) groups is 1. The average molecular weight is 360 g/mol. The zero-order valence-corrected chi connectivity index (χ0v) is 14.3. The molecule has 2 N–H and O–H groups in total. The van der Waals surface area contributed by atoms with Gasteiger partial charge in [-0.1, -0.05) is 11.8 Å². The van der Waals surface area contributed by atoms with E-state index in [1.54, 1.807) is 6.92 Å². The molecular weight excluding hydrogens is 344 g/mol. The fraction of sp³-hybridized carbons (Fsp3) is 0.312. The summed E-state index contributed by atoms with van der Waals surface area (Å²) in [6.45, 7) is 1.69. The number of nitrogens with one attached hydrogen (secondary N) is 2. The van der Waals surface area contributed by atoms with Gasteiger partial charge in [-0.15, -0.1) is 0 Å². The van der Waals surface area contributed by atoms with Crippen LogP contribution in [0, 0.1) is 17.0 Å². The van der Waals surface area contributed by atoms with Crippen molar-refractivity contribution in [1.82, 2.24) is 9.97 Å². The largest absolute Gasteiger partial charge is 0.325 e. The average Bonchev–Trinajstić information content (AvgIpc) is 3.04. The van der Waals surface area contributed by atoms with Crippen LogP contribution in [0.2, 0.25) is 0 Å². The van der Waals surface area contributed by atoms with Gasteiger partial charge in [-0.25, -0.2) is 4.98 Å². The van der Waals surface area contributed by atoms with Gasteiger partial charge in [-0.2, -0.15) is 0 Å². The predicted octanol–water partition coefficient (Wildman–Crippen LogP) is 2.21. The second-order valence-electron chi connectivity index (χ2n) is 5.74. The number of hydrogen-bond donors (Lipinski definition) is 2. The summed E-state index contributed by atoms with van der Waals surface area (Å²) in [5.41, 5.74) is 2.54. The van der Waals surface area contributed by atoms with E-state index >= 15 is 0 Å². The number of nitrogens with zero attached hydrogens (tertiary/aromatic N) is 2. The monoisotopic (exact) mass is 360 g/mol. The quantitative estimate of drug-likeness (QED) is 0.365. The van der Waals surface area contributed by atoms with Crippen LogP contribution >= 0.6 is 11.8 Å². The van der Waals surface area contributed by atoms with Gasteiger partial charge in [0.05, 0.1) is 16.4 Å². The number of fused-ring (bicyclic) bond motifs is 1. The van der Waals surface area contributed by atoms with E-state index in [2.05, 4.69) is 15.3 Å². The van der Waals surface area contributed by atoms with Gasteiger partial charge in [0.25, 0.3) is 11.2 Å². The summed E-state index contributed by atoms with van der Waals surface area (Å²) in [7, 11) is 0. The number of hydrogen-bond acceptors (Lipinski definition) is 6. The molecule has 0 saturated heterocycles. The third-order valence-electron chi connectivity index (χ3n) is 3.95. The van der Waals surface area contributed by atoms with E-state index in [1.807, 2.05) is 0 Å². The van der Waals surface area contributed by atoms with Gasteiger partial charge in [0, 0.05) is 23.4 Å². The smallest absolute Gasteiger partial charge is 0.269 e. The highest BCUT2D eigenvalue weighted by molar-refractivity contribution is 7.99. The Bertz CT molecular complexity index is 909. The molecule has 1 aliphatic rings. The van der Waals surface area contributed by atoms with Crippen molar-refractivity contribution in [2.45, 2.75) is 31.3 Å². The number of benzene rings is 1. The van der Waals surface area contributed by atoms with Gasteiger partial charge in [-0.3, -0.25) is 19.7 Å². The number of amides is 1. The number of aromatic nitrogens is 2. The van der Waals surface area contributed by atoms with E-state index in [1.165, 1.54) is 18.2 Å². The number of nitro benzene ring substituents is 1. The van der Waals surface area contributed by atoms with Gasteiger partial charge in [-0.05, 0) is 37.8 Å². The maximum absolute atomic E-state index is 12.1. The number of carbonyl (C=O) groups is 1. The van der Waals surface area contributed by atoms with E-state index in [0.29, 0.717) is 16.4 Å². The molecule has 2 aromatic rings. The van der Waals surface area contributed by atoms with Crippen LogP contribution in [0.5, 0.6) is 0 Å². The number of H-pyrrole nitrogens is 1. The molecule has 1 heterocycles. The Hall–Kier alpha value is -2.68. The first-order valence-corrected chi connectivity index (χ1v) is 8.72. The van der Waals surface area contributed by atoms with Gasteiger partial charge in [0.15, 0.2) is 5.16 Å². The Morgan fingerprint density at radius 1 is 1.44 bits per heavy atom. The number of rotatable bonds is 5. The van der Waals surface area contributed by atoms with E-state index in [4.69, 9.17) is 0 Å². The fourth-order valence-corrected chi connectivity index (χ4v) is 3.39. The summed E-state index contributed by atoms with van der Waals surface area (Å²) < 4.78 is 0. The van der Waals surface area contributed by atoms with Crippen LogP contribution in [0.4, 0.5) is 11.4 Å². The number of carbonyl (C=O) groups excluding carboxylic acids is 1. The van der Waals surface area contributed by atoms with Crippen molar-refractivity contribution in [3.05, 3.63) is 55.5 Å². The summed E-state index contributed by atoms with van der Waals surface area (Å²) >= 11 is 1.15. The van der Waals surface area contributed by atoms with Crippen LogP contribution in [-0.2, 0) is 17.6 Å². The standard InChI is InChI=1S/C16H16N4O4S/c1-9-7-10(20(23)24)5-6-12(9)17-14(21)8-25-16-18-13-4-2-3-11(13)15(22)19-16/h5-7H,2-4,8H2,1H3,(H,17,21)(H,18,19,22). The van der Waals surface area contributed by atoms with Crippen LogP contribution in [0.3, 0.4) is 0 Å². The zero-order valence-electron chi connectivity index (χ0n) is 13.5. The number of aryl methyl sites for hydroxylation is 2. The molecule has 0 unspecified atom stereocenters. The minimum absolute atomic E-state index is 0.0233. The molecule has 1 aromatic heterocycles. The Morgan fingerprint density at radius 3 is 2.96 bits per heavy atom. The van der Waals surface area contributed by atoms with Crippen molar-refractivity contribution >= 4 is 29.0 Å². The van der Waals surface area contributed by atoms with Crippen molar-refractivity contribution < 1.29 is 9.72 Å². The van der Waals surface area contributed by atoms with Crippen LogP contribution < -0.4 is 10.9 Å². The number of aromatic amines is 1. The molecule has 0 bridgehead atoms. The molecule has 0 aliphatic heterocycles. The van der Waals surface area contributed by atoms with Crippen molar-refractivity contribution in [3.8, 4) is 0 Å². The molecule has 0 spiro atoms. The second-order valence-corrected chi connectivity index (χ2v) is 6.71. The Labute approximate surface area is 147 Å². The minimum Gasteiger partial charge on any atom is -0.325 e. The van der Waals surface area contributed by atoms with Crippen LogP contribution in [0.25, 0.3) is 0 Å². The van der Waals surface area contributed by atoms with Crippen molar-refractivity contribution in [2.24, 2.45) is 0 Å². The number of nitro groups is 1. The maximum atomic E-state index is 12.1. The van der Waals surface area contributed by atoms with Gasteiger partial charge >= 0.3 is 0 Å². The lowest BCUT2D eigenvalue weighted by Gasteiger charge is -2.08. The highest BCUT2D eigenvalue weighted by atomic mass is 32.2. The summed E-state index contributed by atoms with van der Waals surface area (Å²) in [4.78, 5) is 41.4. The number of anilines is 1. The molecule has 0 radical (unpaired) electrons. The van der Waals surface area contributed by atoms with E-state index in [-0.39, 0.29) is 22.9 Å². The molecule has 130 valence electrons. The molecule has 25 heavy (non-hydrogen) atoms. The lowest BCUT2D eigenvalue weighted by Crippen LogP contribution is -2.18. The fourth-order valence-electron chi connectivity index (χ4n) is 2.71. The molecule has 0 fully saturated rings. The van der Waals surface area contributed by atoms with Crippen LogP contribution in [0.1, 0.15) is 23.2 Å². The summed E-state index contributed by atoms with van der Waals surface area (Å²) in [5.74, 6) is -0.192. The summed E-state index contributed by atoms with van der Waals surface area (Å²) in [6.07, 6.45) is 2.48. The number of non-ortho nitro benzene ring substituents is 1. The Morgan fingerprint density at radius 2 is 2.24 bits per heavy atom. The van der Waals surface area contributed by atoms with E-state index in [9.17, 15) is 19.7 Å². The zero-order chi connectivity index (χ0) is 18.0. The van der Waals surface area contributed by atoms with Gasteiger partial charge in [0.2, 0.25) is 5.91 Å². The Balaban J connectivity index is 1.63. The molecule has 1 amide bonds. The first kappa shape index (κ1) is 17.2. The van der Waals surface area contributed by atoms with Gasteiger partial charge < -0.3 is 10.3 Å². The van der Waals surface area contributed by atoms with Crippen LogP contribution in [-0.4, -0.2) is 26.6 Å². The molecule has 1 aliphatic carbocycles. The van der Waals surface area contributed by atoms with E-state index in [0.717, 1.165) is 42.3 Å². The predicted molar refractivity (Wildman–Crippen MR) is 94.1 cm³/mol. The molecule has 9 heteroatoms. The van der Waals surface area contributed by atoms with E-state index < -0.39 is 4.92 Å². The highest BCUT2D eigenvalue weighted by Crippen LogP contribution is 2.22. The molecular formula is C16H16N4O4S. The maximum Gasteiger partial charge on any atom is 0.269 e. The molecule has 8 nitrogen and oxygen atoms in total. The molecule has 0 atom stereocenters. The van der Waals surface area contributed by atoms with Crippen LogP contribution in [0.15, 0.2) is 28.2 Å². The SMILES string of the molecule is Cc1cc([N+](=O)[O-])ccc1NC(=O)CSc1nc2c(c(=O)[nH]1)CCC2. The Kier molecular flexibility index (Phi) is 4.84. The minimum atomic E-state index is -0.482. The topological polar surface area (TPSA) is 118 Å². The molecule has 3 rings (SSSR count). The highest BCUT2D eigenvalue weighted by Gasteiger charge is 2.18. The lowest BCUT2D eigenvalue weighted by molar-refractivity contribution is -0.384.